The van der Waals surface area contributed by atoms with Crippen LogP contribution >= 0.6 is 39.3 Å². The highest BCUT2D eigenvalue weighted by Gasteiger charge is 2.35. The van der Waals surface area contributed by atoms with Crippen LogP contribution in [0.25, 0.3) is 0 Å². The number of allylic oxidation sites excluding steroid dienone is 1. The van der Waals surface area contributed by atoms with Gasteiger partial charge in [-0.05, 0) is 89.3 Å². The van der Waals surface area contributed by atoms with E-state index in [0.717, 1.165) is 22.3 Å². The van der Waals surface area contributed by atoms with Crippen molar-refractivity contribution < 1.29 is 14.3 Å². The number of carbonyl (C=O) groups is 1. The Kier molecular flexibility index (Phi) is 10.2. The van der Waals surface area contributed by atoms with Gasteiger partial charge in [0.15, 0.2) is 11.5 Å². The predicted molar refractivity (Wildman–Crippen MR) is 191 cm³/mol. The first-order chi connectivity index (χ1) is 22.8. The van der Waals surface area contributed by atoms with Crippen LogP contribution in [0.2, 0.25) is 5.02 Å². The highest BCUT2D eigenvalue weighted by molar-refractivity contribution is 9.10. The predicted octanol–water partition coefficient (Wildman–Crippen LogP) is 9.20. The number of thioether (sulfide) groups is 1. The molecule has 0 bridgehead atoms. The first-order valence-electron chi connectivity index (χ1n) is 15.1. The van der Waals surface area contributed by atoms with E-state index in [1.807, 2.05) is 112 Å². The molecule has 0 spiro atoms. The van der Waals surface area contributed by atoms with E-state index in [1.54, 1.807) is 4.68 Å². The summed E-state index contributed by atoms with van der Waals surface area (Å²) >= 11 is 11.6. The molecule has 6 rings (SSSR count). The van der Waals surface area contributed by atoms with Gasteiger partial charge in [-0.25, -0.2) is 4.68 Å². The molecule has 0 aliphatic carbocycles. The molecule has 8 nitrogen and oxygen atoms in total. The minimum Gasteiger partial charge on any atom is -0.490 e. The minimum absolute atomic E-state index is 0.254. The Morgan fingerprint density at radius 2 is 1.81 bits per heavy atom. The van der Waals surface area contributed by atoms with E-state index in [0.29, 0.717) is 68.0 Å². The summed E-state index contributed by atoms with van der Waals surface area (Å²) in [4.78, 5) is 18.9. The average molecular weight is 731 g/mol. The SMILES string of the molecule is CCOc1cc(C2C(C(=O)Nc3cccc(C)c3)=C(C)Nc3nc(SCc4ccccc4Cl)nn32)cc(Br)c1OCc1ccccc1. The fourth-order valence-electron chi connectivity index (χ4n) is 5.35. The van der Waals surface area contributed by atoms with Gasteiger partial charge in [-0.3, -0.25) is 4.79 Å². The van der Waals surface area contributed by atoms with Gasteiger partial charge in [0.25, 0.3) is 5.91 Å². The summed E-state index contributed by atoms with van der Waals surface area (Å²) < 4.78 is 14.8. The summed E-state index contributed by atoms with van der Waals surface area (Å²) in [6, 6.07) is 28.6. The summed E-state index contributed by atoms with van der Waals surface area (Å²) in [5.74, 6) is 2.00. The van der Waals surface area contributed by atoms with Crippen molar-refractivity contribution in [3.63, 3.8) is 0 Å². The molecule has 1 atom stereocenters. The standard InChI is InChI=1S/C36H33BrClN5O3S/c1-4-45-30-19-26(18-28(37)33(30)46-20-24-12-6-5-7-13-24)32-31(34(44)40-27-15-10-11-22(2)17-27)23(3)39-35-41-36(42-43(32)35)47-21-25-14-8-9-16-29(25)38/h5-19,32H,4,20-21H2,1-3H3,(H,40,44)(H,39,41,42). The van der Waals surface area contributed by atoms with Gasteiger partial charge in [-0.2, -0.15) is 4.98 Å². The van der Waals surface area contributed by atoms with Crippen LogP contribution in [0.3, 0.4) is 0 Å². The van der Waals surface area contributed by atoms with E-state index in [4.69, 9.17) is 31.2 Å². The molecule has 240 valence electrons. The van der Waals surface area contributed by atoms with Crippen LogP contribution in [-0.2, 0) is 17.2 Å². The van der Waals surface area contributed by atoms with E-state index in [-0.39, 0.29) is 5.91 Å². The lowest BCUT2D eigenvalue weighted by atomic mass is 9.94. The molecule has 2 N–H and O–H groups in total. The number of halogens is 2. The molecule has 0 radical (unpaired) electrons. The van der Waals surface area contributed by atoms with Crippen molar-refractivity contribution in [2.75, 3.05) is 17.2 Å². The summed E-state index contributed by atoms with van der Waals surface area (Å²) in [5, 5.41) is 12.6. The molecular weight excluding hydrogens is 698 g/mol. The monoisotopic (exact) mass is 729 g/mol. The van der Waals surface area contributed by atoms with E-state index in [2.05, 4.69) is 26.6 Å². The third-order valence-corrected chi connectivity index (χ3v) is 9.39. The highest BCUT2D eigenvalue weighted by Crippen LogP contribution is 2.44. The minimum atomic E-state index is -0.628. The van der Waals surface area contributed by atoms with Crippen molar-refractivity contribution in [3.8, 4) is 11.5 Å². The summed E-state index contributed by atoms with van der Waals surface area (Å²) in [6.45, 7) is 6.59. The number of fused-ring (bicyclic) bond motifs is 1. The van der Waals surface area contributed by atoms with Crippen molar-refractivity contribution in [1.29, 1.82) is 0 Å². The Morgan fingerprint density at radius 1 is 1.02 bits per heavy atom. The molecule has 11 heteroatoms. The molecule has 4 aromatic carbocycles. The number of benzene rings is 4. The zero-order chi connectivity index (χ0) is 32.9. The second-order valence-electron chi connectivity index (χ2n) is 11.0. The Labute approximate surface area is 291 Å². The lowest BCUT2D eigenvalue weighted by Crippen LogP contribution is -2.31. The van der Waals surface area contributed by atoms with Crippen molar-refractivity contribution in [2.45, 2.75) is 44.3 Å². The zero-order valence-corrected chi connectivity index (χ0v) is 29.2. The van der Waals surface area contributed by atoms with Crippen LogP contribution in [0, 0.1) is 6.92 Å². The summed E-state index contributed by atoms with van der Waals surface area (Å²) in [7, 11) is 0. The highest BCUT2D eigenvalue weighted by atomic mass is 79.9. The number of rotatable bonds is 11. The first kappa shape index (κ1) is 32.7. The van der Waals surface area contributed by atoms with E-state index < -0.39 is 6.04 Å². The molecular formula is C36H33BrClN5O3S. The molecule has 1 aromatic heterocycles. The molecule has 1 unspecified atom stereocenters. The number of hydrogen-bond acceptors (Lipinski definition) is 7. The van der Waals surface area contributed by atoms with Gasteiger partial charge in [0.1, 0.15) is 12.6 Å². The number of aromatic nitrogens is 3. The van der Waals surface area contributed by atoms with Crippen LogP contribution in [0.1, 0.15) is 42.1 Å². The topological polar surface area (TPSA) is 90.3 Å². The maximum atomic E-state index is 14.1. The molecule has 47 heavy (non-hydrogen) atoms. The van der Waals surface area contributed by atoms with E-state index in [1.165, 1.54) is 11.8 Å². The Morgan fingerprint density at radius 3 is 2.57 bits per heavy atom. The fourth-order valence-corrected chi connectivity index (χ4v) is 7.04. The Bertz CT molecular complexity index is 1950. The van der Waals surface area contributed by atoms with Crippen molar-refractivity contribution in [2.24, 2.45) is 0 Å². The molecule has 0 saturated carbocycles. The van der Waals surface area contributed by atoms with Gasteiger partial charge < -0.3 is 20.1 Å². The second kappa shape index (κ2) is 14.7. The first-order valence-corrected chi connectivity index (χ1v) is 17.3. The van der Waals surface area contributed by atoms with Gasteiger partial charge in [0, 0.05) is 22.2 Å². The van der Waals surface area contributed by atoms with Gasteiger partial charge in [0.2, 0.25) is 11.1 Å². The van der Waals surface area contributed by atoms with E-state index in [9.17, 15) is 4.79 Å². The normalized spacial score (nSPS) is 13.9. The number of nitrogens with zero attached hydrogens (tertiary/aromatic N) is 3. The smallest absolute Gasteiger partial charge is 0.255 e. The zero-order valence-electron chi connectivity index (χ0n) is 26.1. The van der Waals surface area contributed by atoms with Gasteiger partial charge >= 0.3 is 0 Å². The molecule has 5 aromatic rings. The third kappa shape index (κ3) is 7.51. The molecule has 1 aliphatic heterocycles. The third-order valence-electron chi connectivity index (χ3n) is 7.54. The molecule has 0 saturated heterocycles. The summed E-state index contributed by atoms with van der Waals surface area (Å²) in [6.07, 6.45) is 0. The Balaban J connectivity index is 1.39. The lowest BCUT2D eigenvalue weighted by Gasteiger charge is -2.29. The summed E-state index contributed by atoms with van der Waals surface area (Å²) in [5.41, 5.74) is 5.71. The Hall–Kier alpha value is -4.25. The number of anilines is 2. The quantitative estimate of drug-likeness (QED) is 0.131. The largest absolute Gasteiger partial charge is 0.490 e. The van der Waals surface area contributed by atoms with Crippen LogP contribution in [0.4, 0.5) is 11.6 Å². The lowest BCUT2D eigenvalue weighted by molar-refractivity contribution is -0.113. The fraction of sp³-hybridized carbons (Fsp3) is 0.194. The number of hydrogen-bond donors (Lipinski definition) is 2. The van der Waals surface area contributed by atoms with Crippen LogP contribution < -0.4 is 20.1 Å². The number of ether oxygens (including phenoxy) is 2. The maximum Gasteiger partial charge on any atom is 0.255 e. The molecule has 1 aliphatic rings. The van der Waals surface area contributed by atoms with Crippen LogP contribution in [-0.4, -0.2) is 27.3 Å². The van der Waals surface area contributed by atoms with Crippen LogP contribution in [0.5, 0.6) is 11.5 Å². The second-order valence-corrected chi connectivity index (χ2v) is 13.2. The van der Waals surface area contributed by atoms with E-state index >= 15 is 0 Å². The number of carbonyl (C=O) groups excluding carboxylic acids is 1. The molecule has 0 fully saturated rings. The molecule has 1 amide bonds. The number of aryl methyl sites for hydroxylation is 1. The maximum absolute atomic E-state index is 14.1. The van der Waals surface area contributed by atoms with Gasteiger partial charge in [-0.15, -0.1) is 5.10 Å². The van der Waals surface area contributed by atoms with Crippen LogP contribution in [0.15, 0.2) is 112 Å². The van der Waals surface area contributed by atoms with Gasteiger partial charge in [-0.1, -0.05) is 84.0 Å². The van der Waals surface area contributed by atoms with Gasteiger partial charge in [0.05, 0.1) is 16.7 Å². The molecule has 2 heterocycles. The number of amides is 1. The van der Waals surface area contributed by atoms with Crippen molar-refractivity contribution >= 4 is 56.8 Å². The van der Waals surface area contributed by atoms with Crippen molar-refractivity contribution in [3.05, 3.63) is 134 Å². The average Bonchev–Trinajstić information content (AvgIpc) is 3.46. The number of nitrogens with one attached hydrogen (secondary N) is 2. The van der Waals surface area contributed by atoms with Crippen molar-refractivity contribution in [1.82, 2.24) is 14.8 Å².